The number of aromatic nitrogens is 3. The molecule has 1 unspecified atom stereocenters. The molecule has 20 heavy (non-hydrogen) atoms. The molecule has 1 atom stereocenters. The van der Waals surface area contributed by atoms with Gasteiger partial charge >= 0.3 is 0 Å². The van der Waals surface area contributed by atoms with Crippen molar-refractivity contribution in [2.45, 2.75) is 64.3 Å². The van der Waals surface area contributed by atoms with Gasteiger partial charge in [0.1, 0.15) is 0 Å². The summed E-state index contributed by atoms with van der Waals surface area (Å²) in [5, 5.41) is 20.5. The normalized spacial score (nSPS) is 22.1. The second-order valence-corrected chi connectivity index (χ2v) is 5.51. The Morgan fingerprint density at radius 2 is 2.30 bits per heavy atom. The summed E-state index contributed by atoms with van der Waals surface area (Å²) in [5.41, 5.74) is 0.966. The van der Waals surface area contributed by atoms with E-state index in [1.165, 1.54) is 0 Å². The molecule has 2 rings (SSSR count). The van der Waals surface area contributed by atoms with Gasteiger partial charge in [-0.25, -0.2) is 4.68 Å². The molecule has 0 radical (unpaired) electrons. The molecule has 0 spiro atoms. The van der Waals surface area contributed by atoms with Crippen LogP contribution in [0.5, 0.6) is 0 Å². The van der Waals surface area contributed by atoms with Crippen molar-refractivity contribution in [1.29, 1.82) is 0 Å². The van der Waals surface area contributed by atoms with Crippen LogP contribution < -0.4 is 5.32 Å². The Labute approximate surface area is 120 Å². The van der Waals surface area contributed by atoms with Crippen molar-refractivity contribution in [3.8, 4) is 0 Å². The van der Waals surface area contributed by atoms with Crippen LogP contribution in [0.1, 0.15) is 45.2 Å². The van der Waals surface area contributed by atoms with Crippen LogP contribution in [0.25, 0.3) is 0 Å². The van der Waals surface area contributed by atoms with Gasteiger partial charge in [-0.05, 0) is 25.7 Å². The fourth-order valence-corrected chi connectivity index (χ4v) is 2.82. The monoisotopic (exact) mass is 282 g/mol. The van der Waals surface area contributed by atoms with Crippen molar-refractivity contribution in [2.24, 2.45) is 0 Å². The molecule has 1 aromatic heterocycles. The summed E-state index contributed by atoms with van der Waals surface area (Å²) in [7, 11) is 0. The minimum absolute atomic E-state index is 0.0460. The Kier molecular flexibility index (Phi) is 5.51. The number of aliphatic hydroxyl groups excluding tert-OH is 1. The number of ether oxygens (including phenoxy) is 1. The number of rotatable bonds is 7. The predicted octanol–water partition coefficient (Wildman–Crippen LogP) is 1.10. The maximum atomic E-state index is 8.86. The van der Waals surface area contributed by atoms with E-state index >= 15 is 0 Å². The lowest BCUT2D eigenvalue weighted by molar-refractivity contribution is -0.0932. The molecule has 0 aromatic carbocycles. The molecule has 1 saturated heterocycles. The van der Waals surface area contributed by atoms with Crippen LogP contribution in [0.15, 0.2) is 6.20 Å². The lowest BCUT2D eigenvalue weighted by Gasteiger charge is -2.40. The molecular weight excluding hydrogens is 256 g/mol. The standard InChI is InChI=1S/C14H26N4O2/c1-3-14(4-2)9-12(5-8-20-14)15-10-13-11-18(6-7-19)17-16-13/h11-12,15,19H,3-10H2,1-2H3. The topological polar surface area (TPSA) is 72.2 Å². The van der Waals surface area contributed by atoms with Gasteiger partial charge in [0.15, 0.2) is 0 Å². The van der Waals surface area contributed by atoms with Crippen LogP contribution in [-0.4, -0.2) is 45.0 Å². The van der Waals surface area contributed by atoms with E-state index in [-0.39, 0.29) is 12.2 Å². The van der Waals surface area contributed by atoms with Gasteiger partial charge in [0, 0.05) is 25.4 Å². The van der Waals surface area contributed by atoms with Gasteiger partial charge in [-0.15, -0.1) is 5.10 Å². The Bertz CT molecular complexity index is 404. The van der Waals surface area contributed by atoms with Gasteiger partial charge in [0.2, 0.25) is 0 Å². The smallest absolute Gasteiger partial charge is 0.0964 e. The summed E-state index contributed by atoms with van der Waals surface area (Å²) in [4.78, 5) is 0. The highest BCUT2D eigenvalue weighted by Crippen LogP contribution is 2.31. The maximum absolute atomic E-state index is 8.86. The van der Waals surface area contributed by atoms with E-state index in [4.69, 9.17) is 9.84 Å². The van der Waals surface area contributed by atoms with Crippen LogP contribution in [-0.2, 0) is 17.8 Å². The molecule has 114 valence electrons. The summed E-state index contributed by atoms with van der Waals surface area (Å²) in [6.45, 7) is 6.54. The van der Waals surface area contributed by atoms with Crippen LogP contribution in [0.4, 0.5) is 0 Å². The molecule has 6 heteroatoms. The van der Waals surface area contributed by atoms with Gasteiger partial charge in [-0.2, -0.15) is 0 Å². The molecule has 6 nitrogen and oxygen atoms in total. The van der Waals surface area contributed by atoms with Gasteiger partial charge < -0.3 is 15.2 Å². The van der Waals surface area contributed by atoms with Crippen molar-refractivity contribution in [3.63, 3.8) is 0 Å². The molecular formula is C14H26N4O2. The van der Waals surface area contributed by atoms with E-state index < -0.39 is 0 Å². The molecule has 1 aliphatic rings. The second kappa shape index (κ2) is 7.15. The van der Waals surface area contributed by atoms with Crippen LogP contribution in [0.3, 0.4) is 0 Å². The quantitative estimate of drug-likeness (QED) is 0.783. The highest BCUT2D eigenvalue weighted by atomic mass is 16.5. The summed E-state index contributed by atoms with van der Waals surface area (Å²) in [6.07, 6.45) is 6.12. The fraction of sp³-hybridized carbons (Fsp3) is 0.857. The third kappa shape index (κ3) is 3.77. The second-order valence-electron chi connectivity index (χ2n) is 5.51. The number of nitrogens with one attached hydrogen (secondary N) is 1. The van der Waals surface area contributed by atoms with Crippen molar-refractivity contribution in [2.75, 3.05) is 13.2 Å². The average molecular weight is 282 g/mol. The molecule has 0 saturated carbocycles. The first-order chi connectivity index (χ1) is 9.71. The summed E-state index contributed by atoms with van der Waals surface area (Å²) in [6, 6.07) is 0.478. The Morgan fingerprint density at radius 3 is 3.00 bits per heavy atom. The molecule has 2 heterocycles. The molecule has 0 amide bonds. The summed E-state index contributed by atoms with van der Waals surface area (Å²) in [5.74, 6) is 0. The lowest BCUT2D eigenvalue weighted by atomic mass is 9.86. The van der Waals surface area contributed by atoms with Crippen LogP contribution >= 0.6 is 0 Å². The summed E-state index contributed by atoms with van der Waals surface area (Å²) < 4.78 is 7.65. The van der Waals surface area contributed by atoms with E-state index in [1.54, 1.807) is 4.68 Å². The van der Waals surface area contributed by atoms with Gasteiger partial charge in [-0.3, -0.25) is 0 Å². The summed E-state index contributed by atoms with van der Waals surface area (Å²) >= 11 is 0. The van der Waals surface area contributed by atoms with Crippen LogP contribution in [0.2, 0.25) is 0 Å². The molecule has 0 bridgehead atoms. The zero-order valence-corrected chi connectivity index (χ0v) is 12.5. The fourth-order valence-electron chi connectivity index (χ4n) is 2.82. The number of aliphatic hydroxyl groups is 1. The van der Waals surface area contributed by atoms with Gasteiger partial charge in [-0.1, -0.05) is 19.1 Å². The number of hydrogen-bond acceptors (Lipinski definition) is 5. The minimum atomic E-state index is 0.0460. The van der Waals surface area contributed by atoms with Crippen molar-refractivity contribution in [3.05, 3.63) is 11.9 Å². The maximum Gasteiger partial charge on any atom is 0.0964 e. The van der Waals surface area contributed by atoms with E-state index in [0.717, 1.165) is 44.5 Å². The first-order valence-electron chi connectivity index (χ1n) is 7.58. The Hall–Kier alpha value is -0.980. The molecule has 0 aliphatic carbocycles. The number of nitrogens with zero attached hydrogens (tertiary/aromatic N) is 3. The zero-order valence-electron chi connectivity index (χ0n) is 12.5. The van der Waals surface area contributed by atoms with Crippen molar-refractivity contribution < 1.29 is 9.84 Å². The van der Waals surface area contributed by atoms with Gasteiger partial charge in [0.25, 0.3) is 0 Å². The molecule has 1 aliphatic heterocycles. The van der Waals surface area contributed by atoms with E-state index in [2.05, 4.69) is 29.5 Å². The van der Waals surface area contributed by atoms with E-state index in [1.807, 2.05) is 6.20 Å². The number of hydrogen-bond donors (Lipinski definition) is 2. The first kappa shape index (κ1) is 15.4. The third-order valence-corrected chi connectivity index (χ3v) is 4.27. The van der Waals surface area contributed by atoms with Gasteiger partial charge in [0.05, 0.1) is 24.4 Å². The first-order valence-corrected chi connectivity index (χ1v) is 7.58. The molecule has 1 fully saturated rings. The predicted molar refractivity (Wildman–Crippen MR) is 76.2 cm³/mol. The van der Waals surface area contributed by atoms with E-state index in [0.29, 0.717) is 12.6 Å². The van der Waals surface area contributed by atoms with Crippen molar-refractivity contribution in [1.82, 2.24) is 20.3 Å². The zero-order chi connectivity index (χ0) is 14.4. The minimum Gasteiger partial charge on any atom is -0.394 e. The third-order valence-electron chi connectivity index (χ3n) is 4.27. The highest BCUT2D eigenvalue weighted by Gasteiger charge is 2.34. The average Bonchev–Trinajstić information content (AvgIpc) is 2.93. The SMILES string of the molecule is CCC1(CC)CC(NCc2cn(CCO)nn2)CCO1. The Balaban J connectivity index is 1.83. The highest BCUT2D eigenvalue weighted by molar-refractivity contribution is 4.94. The lowest BCUT2D eigenvalue weighted by Crippen LogP contribution is -2.46. The van der Waals surface area contributed by atoms with E-state index in [9.17, 15) is 0 Å². The largest absolute Gasteiger partial charge is 0.394 e. The molecule has 2 N–H and O–H groups in total. The van der Waals surface area contributed by atoms with Crippen molar-refractivity contribution >= 4 is 0 Å². The molecule has 1 aromatic rings. The van der Waals surface area contributed by atoms with Crippen LogP contribution in [0, 0.1) is 0 Å². The Morgan fingerprint density at radius 1 is 1.50 bits per heavy atom.